The summed E-state index contributed by atoms with van der Waals surface area (Å²) in [7, 11) is 0. The van der Waals surface area contributed by atoms with Gasteiger partial charge in [-0.1, -0.05) is 35.9 Å². The van der Waals surface area contributed by atoms with Crippen molar-refractivity contribution >= 4 is 28.6 Å². The molecule has 0 unspecified atom stereocenters. The quantitative estimate of drug-likeness (QED) is 0.581. The van der Waals surface area contributed by atoms with Crippen molar-refractivity contribution in [3.05, 3.63) is 53.7 Å². The molecule has 0 aliphatic heterocycles. The Bertz CT molecular complexity index is 878. The lowest BCUT2D eigenvalue weighted by atomic mass is 10.2. The molecule has 5 heteroatoms. The number of rotatable bonds is 1. The number of para-hydroxylation sites is 1. The molecule has 3 aromatic rings. The zero-order valence-corrected chi connectivity index (χ0v) is 14.0. The predicted molar refractivity (Wildman–Crippen MR) is 91.8 cm³/mol. The van der Waals surface area contributed by atoms with Gasteiger partial charge in [-0.25, -0.2) is 14.3 Å². The molecule has 1 aromatic carbocycles. The molecule has 0 aliphatic carbocycles. The summed E-state index contributed by atoms with van der Waals surface area (Å²) >= 11 is 6.00. The van der Waals surface area contributed by atoms with Gasteiger partial charge in [0.05, 0.1) is 16.9 Å². The van der Waals surface area contributed by atoms with Crippen LogP contribution in [0.25, 0.3) is 22.3 Å². The third-order valence-corrected chi connectivity index (χ3v) is 3.47. The first-order chi connectivity index (χ1) is 10.8. The highest BCUT2D eigenvalue weighted by atomic mass is 35.5. The summed E-state index contributed by atoms with van der Waals surface area (Å²) in [5.41, 5.74) is 1.47. The molecule has 4 nitrogen and oxygen atoms in total. The summed E-state index contributed by atoms with van der Waals surface area (Å²) in [6.07, 6.45) is -0.435. The highest BCUT2D eigenvalue weighted by Gasteiger charge is 2.23. The summed E-state index contributed by atoms with van der Waals surface area (Å²) in [6.45, 7) is 5.52. The van der Waals surface area contributed by atoms with E-state index in [1.54, 1.807) is 10.6 Å². The van der Waals surface area contributed by atoms with Crippen molar-refractivity contribution in [3.8, 4) is 11.4 Å². The number of aromatic nitrogens is 2. The summed E-state index contributed by atoms with van der Waals surface area (Å²) in [5.74, 6) is 0. The molecule has 0 N–H and O–H groups in total. The number of pyridine rings is 1. The Labute approximate surface area is 139 Å². The number of ether oxygens (including phenoxy) is 1. The Hall–Kier alpha value is -2.33. The highest BCUT2D eigenvalue weighted by Crippen LogP contribution is 2.28. The molecule has 0 saturated heterocycles. The van der Waals surface area contributed by atoms with Crippen LogP contribution in [0.4, 0.5) is 4.79 Å². The Morgan fingerprint density at radius 2 is 1.87 bits per heavy atom. The zero-order chi connectivity index (χ0) is 16.6. The fourth-order valence-corrected chi connectivity index (χ4v) is 2.56. The van der Waals surface area contributed by atoms with Crippen molar-refractivity contribution < 1.29 is 9.53 Å². The average Bonchev–Trinajstić information content (AvgIpc) is 2.85. The van der Waals surface area contributed by atoms with Crippen LogP contribution in [0.15, 0.2) is 48.5 Å². The van der Waals surface area contributed by atoms with Crippen molar-refractivity contribution in [2.45, 2.75) is 26.4 Å². The van der Waals surface area contributed by atoms with Crippen LogP contribution in [0.5, 0.6) is 0 Å². The largest absolute Gasteiger partial charge is 0.443 e. The lowest BCUT2D eigenvalue weighted by Gasteiger charge is -2.20. The molecule has 0 amide bonds. The molecular weight excluding hydrogens is 312 g/mol. The van der Waals surface area contributed by atoms with Gasteiger partial charge in [-0.3, -0.25) is 0 Å². The van der Waals surface area contributed by atoms with Crippen LogP contribution < -0.4 is 0 Å². The SMILES string of the molecule is CC(C)(C)OC(=O)n1c(-c2cccc(Cl)n2)cc2ccccc21. The van der Waals surface area contributed by atoms with Crippen LogP contribution in [-0.4, -0.2) is 21.2 Å². The number of nitrogens with zero attached hydrogens (tertiary/aromatic N) is 2. The van der Waals surface area contributed by atoms with Gasteiger partial charge in [0.1, 0.15) is 10.8 Å². The van der Waals surface area contributed by atoms with Gasteiger partial charge >= 0.3 is 6.09 Å². The molecule has 0 atom stereocenters. The van der Waals surface area contributed by atoms with E-state index >= 15 is 0 Å². The van der Waals surface area contributed by atoms with Gasteiger partial charge in [-0.15, -0.1) is 0 Å². The normalized spacial score (nSPS) is 11.7. The van der Waals surface area contributed by atoms with Crippen molar-refractivity contribution in [1.29, 1.82) is 0 Å². The number of halogens is 1. The molecule has 0 saturated carbocycles. The van der Waals surface area contributed by atoms with Crippen LogP contribution in [0, 0.1) is 0 Å². The molecule has 2 aromatic heterocycles. The predicted octanol–water partition coefficient (Wildman–Crippen LogP) is 5.14. The van der Waals surface area contributed by atoms with E-state index in [1.807, 2.05) is 63.2 Å². The molecule has 0 spiro atoms. The maximum atomic E-state index is 12.7. The third kappa shape index (κ3) is 3.22. The fraction of sp³-hybridized carbons (Fsp3) is 0.222. The van der Waals surface area contributed by atoms with E-state index < -0.39 is 11.7 Å². The van der Waals surface area contributed by atoms with Crippen LogP contribution >= 0.6 is 11.6 Å². The van der Waals surface area contributed by atoms with Crippen LogP contribution in [-0.2, 0) is 4.74 Å². The Morgan fingerprint density at radius 1 is 1.13 bits per heavy atom. The van der Waals surface area contributed by atoms with Crippen molar-refractivity contribution in [2.24, 2.45) is 0 Å². The fourth-order valence-electron chi connectivity index (χ4n) is 2.40. The summed E-state index contributed by atoms with van der Waals surface area (Å²) in [6, 6.07) is 14.9. The van der Waals surface area contributed by atoms with Gasteiger partial charge in [0.25, 0.3) is 0 Å². The van der Waals surface area contributed by atoms with Crippen LogP contribution in [0.2, 0.25) is 5.15 Å². The lowest BCUT2D eigenvalue weighted by Crippen LogP contribution is -2.27. The van der Waals surface area contributed by atoms with Crippen molar-refractivity contribution in [1.82, 2.24) is 9.55 Å². The molecule has 0 bridgehead atoms. The van der Waals surface area contributed by atoms with E-state index in [2.05, 4.69) is 4.98 Å². The molecule has 0 fully saturated rings. The summed E-state index contributed by atoms with van der Waals surface area (Å²) < 4.78 is 7.09. The van der Waals surface area contributed by atoms with Gasteiger partial charge in [0.15, 0.2) is 0 Å². The summed E-state index contributed by atoms with van der Waals surface area (Å²) in [5, 5.41) is 1.32. The molecule has 0 radical (unpaired) electrons. The Morgan fingerprint density at radius 3 is 2.57 bits per heavy atom. The molecular formula is C18H17ClN2O2. The van der Waals surface area contributed by atoms with Gasteiger partial charge in [0, 0.05) is 5.39 Å². The minimum absolute atomic E-state index is 0.378. The molecule has 2 heterocycles. The highest BCUT2D eigenvalue weighted by molar-refractivity contribution is 6.29. The second-order valence-corrected chi connectivity index (χ2v) is 6.64. The smallest absolute Gasteiger partial charge is 0.419 e. The number of carbonyl (C=O) groups excluding carboxylic acids is 1. The van der Waals surface area contributed by atoms with Gasteiger partial charge in [-0.2, -0.15) is 0 Å². The number of carbonyl (C=O) groups is 1. The topological polar surface area (TPSA) is 44.1 Å². The Kier molecular flexibility index (Phi) is 3.86. The Balaban J connectivity index is 2.21. The molecule has 118 valence electrons. The summed E-state index contributed by atoms with van der Waals surface area (Å²) in [4.78, 5) is 17.0. The first-order valence-corrected chi connectivity index (χ1v) is 7.70. The maximum absolute atomic E-state index is 12.7. The minimum Gasteiger partial charge on any atom is -0.443 e. The second-order valence-electron chi connectivity index (χ2n) is 6.25. The standard InChI is InChI=1S/C18H17ClN2O2/c1-18(2,3)23-17(22)21-14-9-5-4-7-12(14)11-15(21)13-8-6-10-16(19)20-13/h4-11H,1-3H3. The maximum Gasteiger partial charge on any atom is 0.419 e. The van der Waals surface area contributed by atoms with E-state index in [4.69, 9.17) is 16.3 Å². The van der Waals surface area contributed by atoms with E-state index in [9.17, 15) is 4.79 Å². The van der Waals surface area contributed by atoms with E-state index in [-0.39, 0.29) is 0 Å². The van der Waals surface area contributed by atoms with Gasteiger partial charge < -0.3 is 4.74 Å². The van der Waals surface area contributed by atoms with E-state index in [0.717, 1.165) is 10.9 Å². The molecule has 3 rings (SSSR count). The monoisotopic (exact) mass is 328 g/mol. The molecule has 23 heavy (non-hydrogen) atoms. The first-order valence-electron chi connectivity index (χ1n) is 7.32. The van der Waals surface area contributed by atoms with Gasteiger partial charge in [0.2, 0.25) is 0 Å². The second kappa shape index (κ2) is 5.70. The van der Waals surface area contributed by atoms with Crippen LogP contribution in [0.3, 0.4) is 0 Å². The first kappa shape index (κ1) is 15.6. The molecule has 0 aliphatic rings. The minimum atomic E-state index is -0.582. The number of fused-ring (bicyclic) bond motifs is 1. The van der Waals surface area contributed by atoms with Crippen molar-refractivity contribution in [2.75, 3.05) is 0 Å². The van der Waals surface area contributed by atoms with Crippen LogP contribution in [0.1, 0.15) is 20.8 Å². The van der Waals surface area contributed by atoms with E-state index in [1.165, 1.54) is 0 Å². The van der Waals surface area contributed by atoms with E-state index in [0.29, 0.717) is 16.5 Å². The third-order valence-electron chi connectivity index (χ3n) is 3.26. The number of hydrogen-bond donors (Lipinski definition) is 0. The number of hydrogen-bond acceptors (Lipinski definition) is 3. The average molecular weight is 329 g/mol. The van der Waals surface area contributed by atoms with Crippen molar-refractivity contribution in [3.63, 3.8) is 0 Å². The van der Waals surface area contributed by atoms with Gasteiger partial charge in [-0.05, 0) is 45.0 Å². The zero-order valence-electron chi connectivity index (χ0n) is 13.2. The lowest BCUT2D eigenvalue weighted by molar-refractivity contribution is 0.0547. The number of benzene rings is 1.